The monoisotopic (exact) mass is 458 g/mol. The van der Waals surface area contributed by atoms with E-state index < -0.39 is 37.3 Å². The summed E-state index contributed by atoms with van der Waals surface area (Å²) >= 11 is 0. The highest BCUT2D eigenvalue weighted by atomic mass is 16.7. The van der Waals surface area contributed by atoms with E-state index >= 15 is 0 Å². The minimum Gasteiger partial charge on any atom is -0.458 e. The van der Waals surface area contributed by atoms with Gasteiger partial charge < -0.3 is 34.6 Å². The number of carbonyl (C=O) groups is 1. The Morgan fingerprint density at radius 1 is 0.848 bits per heavy atom. The average Bonchev–Trinajstić information content (AvgIpc) is 2.83. The number of ether oxygens (including phenoxy) is 3. The molecule has 1 saturated heterocycles. The fraction of sp³-hybridized carbons (Fsp3) is 0.480. The van der Waals surface area contributed by atoms with Crippen LogP contribution in [-0.4, -0.2) is 63.5 Å². The van der Waals surface area contributed by atoms with Crippen LogP contribution in [0.2, 0.25) is 0 Å². The average molecular weight is 459 g/mol. The molecule has 0 radical (unpaired) electrons. The standard InChI is InChI=1S/C25H30O8/c26-14-21-22(28)23(29)24(30)25(33-21)32-19-12-8-16-3-1-2-4-17(27)9-5-15-6-10-18(11-7-15)31-20(19)13-16/h6-8,10-13,21-26,28-30H,1-5,9,14H2/t21-,22-,23+,24-,25-/m1/s1. The molecule has 0 unspecified atom stereocenters. The first kappa shape index (κ1) is 23.7. The van der Waals surface area contributed by atoms with E-state index in [1.54, 1.807) is 6.07 Å². The molecule has 4 N–H and O–H groups in total. The predicted molar refractivity (Wildman–Crippen MR) is 118 cm³/mol. The number of fused-ring (bicyclic) bond motifs is 8. The van der Waals surface area contributed by atoms with E-state index in [4.69, 9.17) is 14.2 Å². The van der Waals surface area contributed by atoms with E-state index in [-0.39, 0.29) is 11.5 Å². The van der Waals surface area contributed by atoms with Crippen LogP contribution in [0.15, 0.2) is 42.5 Å². The third-order valence-corrected chi connectivity index (χ3v) is 6.11. The van der Waals surface area contributed by atoms with Gasteiger partial charge in [0.05, 0.1) is 6.61 Å². The largest absolute Gasteiger partial charge is 0.458 e. The molecular formula is C25H30O8. The Bertz CT molecular complexity index is 942. The third-order valence-electron chi connectivity index (χ3n) is 6.11. The zero-order valence-electron chi connectivity index (χ0n) is 18.3. The summed E-state index contributed by atoms with van der Waals surface area (Å²) < 4.78 is 17.4. The maximum absolute atomic E-state index is 12.1. The molecule has 2 aromatic carbocycles. The maximum atomic E-state index is 12.1. The van der Waals surface area contributed by atoms with Crippen molar-refractivity contribution in [1.29, 1.82) is 0 Å². The lowest BCUT2D eigenvalue weighted by molar-refractivity contribution is -0.277. The number of Topliss-reactive ketones (excluding diaryl/α,β-unsaturated/α-hetero) is 1. The Balaban J connectivity index is 1.60. The molecule has 33 heavy (non-hydrogen) atoms. The van der Waals surface area contributed by atoms with E-state index in [9.17, 15) is 25.2 Å². The van der Waals surface area contributed by atoms with Gasteiger partial charge in [0.25, 0.3) is 0 Å². The van der Waals surface area contributed by atoms with Crippen LogP contribution in [0.5, 0.6) is 17.2 Å². The molecule has 178 valence electrons. The SMILES string of the molecule is O=C1CCCCc2ccc(O[C@@H]3O[C@H](CO)[C@@H](O)[C@H](O)[C@H]3O)c(c2)Oc2ccc(cc2)CC1. The number of carbonyl (C=O) groups excluding carboxylic acids is 1. The molecule has 8 heteroatoms. The van der Waals surface area contributed by atoms with Gasteiger partial charge in [0, 0.05) is 12.8 Å². The Labute approximate surface area is 192 Å². The number of hydrogen-bond donors (Lipinski definition) is 4. The zero-order chi connectivity index (χ0) is 23.4. The molecule has 3 aliphatic rings. The summed E-state index contributed by atoms with van der Waals surface area (Å²) in [6.07, 6.45) is -2.65. The summed E-state index contributed by atoms with van der Waals surface area (Å²) in [4.78, 5) is 12.1. The normalized spacial score (nSPS) is 28.5. The Morgan fingerprint density at radius 2 is 1.58 bits per heavy atom. The third kappa shape index (κ3) is 5.72. The van der Waals surface area contributed by atoms with Crippen LogP contribution in [0.1, 0.15) is 36.8 Å². The number of aliphatic hydroxyl groups is 4. The van der Waals surface area contributed by atoms with Gasteiger partial charge in [0.2, 0.25) is 6.29 Å². The number of aliphatic hydroxyl groups excluding tert-OH is 4. The Hall–Kier alpha value is -2.49. The maximum Gasteiger partial charge on any atom is 0.229 e. The van der Waals surface area contributed by atoms with Crippen LogP contribution < -0.4 is 9.47 Å². The molecule has 2 aromatic rings. The highest BCUT2D eigenvalue weighted by molar-refractivity contribution is 5.78. The van der Waals surface area contributed by atoms with Crippen LogP contribution >= 0.6 is 0 Å². The van der Waals surface area contributed by atoms with E-state index in [0.717, 1.165) is 30.4 Å². The molecule has 5 rings (SSSR count). The molecule has 0 amide bonds. The second kappa shape index (κ2) is 10.6. The van der Waals surface area contributed by atoms with Gasteiger partial charge in [0.15, 0.2) is 11.5 Å². The number of benzene rings is 2. The molecule has 1 fully saturated rings. The number of aryl methyl sites for hydroxylation is 2. The van der Waals surface area contributed by atoms with Crippen LogP contribution in [-0.2, 0) is 22.4 Å². The van der Waals surface area contributed by atoms with Crippen molar-refractivity contribution in [3.63, 3.8) is 0 Å². The minimum atomic E-state index is -1.53. The van der Waals surface area contributed by atoms with Gasteiger partial charge in [0.1, 0.15) is 35.9 Å². The molecule has 3 heterocycles. The lowest BCUT2D eigenvalue weighted by atomic mass is 9.99. The molecule has 8 nitrogen and oxygen atoms in total. The second-order valence-corrected chi connectivity index (χ2v) is 8.59. The Morgan fingerprint density at radius 3 is 2.33 bits per heavy atom. The van der Waals surface area contributed by atoms with Crippen molar-refractivity contribution in [2.75, 3.05) is 6.61 Å². The fourth-order valence-electron chi connectivity index (χ4n) is 4.09. The van der Waals surface area contributed by atoms with Gasteiger partial charge in [-0.25, -0.2) is 0 Å². The topological polar surface area (TPSA) is 126 Å². The summed E-state index contributed by atoms with van der Waals surface area (Å²) in [6, 6.07) is 12.9. The van der Waals surface area contributed by atoms with Gasteiger partial charge in [-0.3, -0.25) is 4.79 Å². The van der Waals surface area contributed by atoms with Gasteiger partial charge in [-0.2, -0.15) is 0 Å². The molecule has 4 bridgehead atoms. The summed E-state index contributed by atoms with van der Waals surface area (Å²) in [5.74, 6) is 1.54. The van der Waals surface area contributed by atoms with Crippen molar-refractivity contribution in [1.82, 2.24) is 0 Å². The van der Waals surface area contributed by atoms with Crippen LogP contribution in [0, 0.1) is 0 Å². The molecule has 3 aliphatic heterocycles. The molecular weight excluding hydrogens is 428 g/mol. The van der Waals surface area contributed by atoms with Crippen molar-refractivity contribution in [2.24, 2.45) is 0 Å². The molecule has 0 saturated carbocycles. The van der Waals surface area contributed by atoms with Gasteiger partial charge in [-0.15, -0.1) is 0 Å². The lowest BCUT2D eigenvalue weighted by Gasteiger charge is -2.39. The number of hydrogen-bond acceptors (Lipinski definition) is 8. The molecule has 5 atom stereocenters. The predicted octanol–water partition coefficient (Wildman–Crippen LogP) is 1.89. The zero-order valence-corrected chi connectivity index (χ0v) is 18.3. The lowest BCUT2D eigenvalue weighted by Crippen LogP contribution is -2.60. The summed E-state index contributed by atoms with van der Waals surface area (Å²) in [6.45, 7) is -0.540. The van der Waals surface area contributed by atoms with E-state index in [2.05, 4.69) is 0 Å². The number of ketones is 1. The molecule has 0 spiro atoms. The van der Waals surface area contributed by atoms with Crippen molar-refractivity contribution >= 4 is 5.78 Å². The summed E-state index contributed by atoms with van der Waals surface area (Å²) in [7, 11) is 0. The smallest absolute Gasteiger partial charge is 0.229 e. The van der Waals surface area contributed by atoms with Gasteiger partial charge >= 0.3 is 0 Å². The van der Waals surface area contributed by atoms with E-state index in [1.165, 1.54) is 0 Å². The van der Waals surface area contributed by atoms with Crippen LogP contribution in [0.4, 0.5) is 0 Å². The molecule has 0 aliphatic carbocycles. The van der Waals surface area contributed by atoms with Crippen molar-refractivity contribution < 1.29 is 39.4 Å². The van der Waals surface area contributed by atoms with Crippen LogP contribution in [0.25, 0.3) is 0 Å². The first-order valence-electron chi connectivity index (χ1n) is 11.3. The Kier molecular flexibility index (Phi) is 7.62. The number of rotatable bonds is 3. The second-order valence-electron chi connectivity index (χ2n) is 8.59. The fourth-order valence-corrected chi connectivity index (χ4v) is 4.09. The van der Waals surface area contributed by atoms with Gasteiger partial charge in [-0.05, 0) is 61.1 Å². The molecule has 0 aromatic heterocycles. The van der Waals surface area contributed by atoms with Crippen molar-refractivity contribution in [3.8, 4) is 17.2 Å². The summed E-state index contributed by atoms with van der Waals surface area (Å²) in [5, 5.41) is 39.8. The first-order valence-corrected chi connectivity index (χ1v) is 11.3. The highest BCUT2D eigenvalue weighted by Crippen LogP contribution is 2.36. The highest BCUT2D eigenvalue weighted by Gasteiger charge is 2.45. The van der Waals surface area contributed by atoms with Crippen molar-refractivity contribution in [3.05, 3.63) is 53.6 Å². The van der Waals surface area contributed by atoms with Gasteiger partial charge in [-0.1, -0.05) is 18.2 Å². The minimum absolute atomic E-state index is 0.272. The quantitative estimate of drug-likeness (QED) is 0.550. The first-order chi connectivity index (χ1) is 15.9. The van der Waals surface area contributed by atoms with Crippen molar-refractivity contribution in [2.45, 2.75) is 69.2 Å². The van der Waals surface area contributed by atoms with E-state index in [0.29, 0.717) is 30.8 Å². The summed E-state index contributed by atoms with van der Waals surface area (Å²) in [5.41, 5.74) is 2.06. The van der Waals surface area contributed by atoms with E-state index in [1.807, 2.05) is 36.4 Å². The van der Waals surface area contributed by atoms with Crippen LogP contribution in [0.3, 0.4) is 0 Å².